The molecule has 1 amide bonds. The highest BCUT2D eigenvalue weighted by Gasteiger charge is 2.29. The molecule has 2 unspecified atom stereocenters. The summed E-state index contributed by atoms with van der Waals surface area (Å²) in [6.07, 6.45) is 0.698. The zero-order valence-corrected chi connectivity index (χ0v) is 7.25. The van der Waals surface area contributed by atoms with Crippen LogP contribution in [0.25, 0.3) is 0 Å². The average molecular weight is 173 g/mol. The molecule has 0 aliphatic carbocycles. The smallest absolute Gasteiger partial charge is 0.228 e. The normalized spacial score (nSPS) is 26.5. The van der Waals surface area contributed by atoms with E-state index in [0.29, 0.717) is 19.6 Å². The van der Waals surface area contributed by atoms with Gasteiger partial charge in [-0.1, -0.05) is 0 Å². The minimum Gasteiger partial charge on any atom is -0.367 e. The van der Waals surface area contributed by atoms with E-state index in [1.807, 2.05) is 0 Å². The minimum atomic E-state index is -0.935. The average Bonchev–Trinajstić information content (AvgIpc) is 2.05. The molecule has 0 saturated carbocycles. The maximum atomic E-state index is 11.2. The highest BCUT2D eigenvalue weighted by Crippen LogP contribution is 2.16. The molecule has 1 fully saturated rings. The largest absolute Gasteiger partial charge is 0.367 e. The zero-order valence-electron chi connectivity index (χ0n) is 7.25. The molecule has 1 saturated heterocycles. The van der Waals surface area contributed by atoms with Gasteiger partial charge in [0, 0.05) is 13.2 Å². The summed E-state index contributed by atoms with van der Waals surface area (Å²) in [5, 5.41) is 12.1. The van der Waals surface area contributed by atoms with Gasteiger partial charge in [-0.15, -0.1) is 0 Å². The number of hydrogen-bond acceptors (Lipinski definition) is 3. The third-order valence-corrected chi connectivity index (χ3v) is 2.01. The first-order valence-corrected chi connectivity index (χ1v) is 4.33. The van der Waals surface area contributed by atoms with E-state index in [9.17, 15) is 9.90 Å². The van der Waals surface area contributed by atoms with Crippen LogP contribution < -0.4 is 5.32 Å². The number of aliphatic hydroxyl groups is 1. The Morgan fingerprint density at radius 2 is 2.58 bits per heavy atom. The molecular formula is C8H15NO3. The van der Waals surface area contributed by atoms with E-state index in [0.717, 1.165) is 6.42 Å². The fraction of sp³-hybridized carbons (Fsp3) is 0.875. The second-order valence-corrected chi connectivity index (χ2v) is 2.89. The van der Waals surface area contributed by atoms with Crippen LogP contribution >= 0.6 is 0 Å². The van der Waals surface area contributed by atoms with Crippen molar-refractivity contribution in [1.29, 1.82) is 0 Å². The van der Waals surface area contributed by atoms with Crippen molar-refractivity contribution in [1.82, 2.24) is 5.32 Å². The van der Waals surface area contributed by atoms with E-state index < -0.39 is 6.29 Å². The molecule has 2 atom stereocenters. The molecule has 2 N–H and O–H groups in total. The van der Waals surface area contributed by atoms with Gasteiger partial charge in [-0.05, 0) is 19.8 Å². The number of ether oxygens (including phenoxy) is 1. The molecule has 0 aromatic heterocycles. The molecule has 4 heteroatoms. The van der Waals surface area contributed by atoms with Gasteiger partial charge in [0.25, 0.3) is 0 Å². The number of rotatable bonds is 3. The van der Waals surface area contributed by atoms with Crippen LogP contribution in [0.5, 0.6) is 0 Å². The standard InChI is InChI=1S/C8H15NO3/c1-2-12-8(11)6-4-3-5-9-7(6)10/h6,8,11H,2-5H2,1H3,(H,9,10). The van der Waals surface area contributed by atoms with Crippen molar-refractivity contribution in [2.75, 3.05) is 13.2 Å². The van der Waals surface area contributed by atoms with Crippen LogP contribution in [0.1, 0.15) is 19.8 Å². The van der Waals surface area contributed by atoms with Crippen molar-refractivity contribution >= 4 is 5.91 Å². The van der Waals surface area contributed by atoms with E-state index in [4.69, 9.17) is 4.74 Å². The lowest BCUT2D eigenvalue weighted by Crippen LogP contribution is -2.43. The van der Waals surface area contributed by atoms with Crippen molar-refractivity contribution in [3.63, 3.8) is 0 Å². The summed E-state index contributed by atoms with van der Waals surface area (Å²) in [6, 6.07) is 0. The second kappa shape index (κ2) is 4.42. The second-order valence-electron chi connectivity index (χ2n) is 2.89. The third-order valence-electron chi connectivity index (χ3n) is 2.01. The summed E-state index contributed by atoms with van der Waals surface area (Å²) in [5.74, 6) is -0.471. The van der Waals surface area contributed by atoms with E-state index in [2.05, 4.69) is 5.32 Å². The summed E-state index contributed by atoms with van der Waals surface area (Å²) in [6.45, 7) is 2.95. The van der Waals surface area contributed by atoms with Crippen molar-refractivity contribution in [2.24, 2.45) is 5.92 Å². The van der Waals surface area contributed by atoms with Crippen LogP contribution in [0.2, 0.25) is 0 Å². The molecule has 1 aliphatic rings. The van der Waals surface area contributed by atoms with E-state index in [1.165, 1.54) is 0 Å². The molecule has 0 spiro atoms. The topological polar surface area (TPSA) is 58.6 Å². The SMILES string of the molecule is CCOC(O)C1CCCNC1=O. The Balaban J connectivity index is 2.42. The fourth-order valence-electron chi connectivity index (χ4n) is 1.35. The van der Waals surface area contributed by atoms with Crippen LogP contribution in [0, 0.1) is 5.92 Å². The fourth-order valence-corrected chi connectivity index (χ4v) is 1.35. The number of hydrogen-bond donors (Lipinski definition) is 2. The van der Waals surface area contributed by atoms with Gasteiger partial charge in [0.2, 0.25) is 5.91 Å². The molecule has 0 radical (unpaired) electrons. The summed E-state index contributed by atoms with van der Waals surface area (Å²) in [7, 11) is 0. The predicted octanol–water partition coefficient (Wildman–Crippen LogP) is -0.133. The Kier molecular flexibility index (Phi) is 3.49. The number of carbonyl (C=O) groups is 1. The van der Waals surface area contributed by atoms with Crippen LogP contribution in [0.4, 0.5) is 0 Å². The van der Waals surface area contributed by atoms with Gasteiger partial charge in [0.05, 0.1) is 5.92 Å². The molecule has 70 valence electrons. The first-order valence-electron chi connectivity index (χ1n) is 4.33. The molecule has 1 aliphatic heterocycles. The third kappa shape index (κ3) is 2.19. The van der Waals surface area contributed by atoms with E-state index >= 15 is 0 Å². The maximum Gasteiger partial charge on any atom is 0.228 e. The molecule has 0 aromatic carbocycles. The summed E-state index contributed by atoms with van der Waals surface area (Å²) < 4.78 is 4.95. The van der Waals surface area contributed by atoms with Crippen LogP contribution in [0.3, 0.4) is 0 Å². The van der Waals surface area contributed by atoms with Crippen molar-refractivity contribution in [2.45, 2.75) is 26.1 Å². The van der Waals surface area contributed by atoms with Gasteiger partial charge in [-0.3, -0.25) is 4.79 Å². The van der Waals surface area contributed by atoms with Crippen molar-refractivity contribution < 1.29 is 14.6 Å². The molecule has 4 nitrogen and oxygen atoms in total. The Labute approximate surface area is 71.9 Å². The number of aliphatic hydroxyl groups excluding tert-OH is 1. The van der Waals surface area contributed by atoms with E-state index in [1.54, 1.807) is 6.92 Å². The molecule has 0 bridgehead atoms. The Hall–Kier alpha value is -0.610. The first kappa shape index (κ1) is 9.48. The first-order chi connectivity index (χ1) is 5.75. The Morgan fingerprint density at radius 3 is 3.17 bits per heavy atom. The lowest BCUT2D eigenvalue weighted by molar-refractivity contribution is -0.158. The zero-order chi connectivity index (χ0) is 8.97. The summed E-state index contributed by atoms with van der Waals surface area (Å²) in [4.78, 5) is 11.2. The van der Waals surface area contributed by atoms with Crippen LogP contribution in [0.15, 0.2) is 0 Å². The van der Waals surface area contributed by atoms with Gasteiger partial charge in [-0.25, -0.2) is 0 Å². The molecular weight excluding hydrogens is 158 g/mol. The summed E-state index contributed by atoms with van der Waals surface area (Å²) >= 11 is 0. The quantitative estimate of drug-likeness (QED) is 0.584. The molecule has 1 rings (SSSR count). The van der Waals surface area contributed by atoms with Crippen molar-refractivity contribution in [3.05, 3.63) is 0 Å². The number of nitrogens with one attached hydrogen (secondary N) is 1. The highest BCUT2D eigenvalue weighted by molar-refractivity contribution is 5.79. The predicted molar refractivity (Wildman–Crippen MR) is 43.4 cm³/mol. The van der Waals surface area contributed by atoms with Gasteiger partial charge in [-0.2, -0.15) is 0 Å². The summed E-state index contributed by atoms with van der Waals surface area (Å²) in [5.41, 5.74) is 0. The molecule has 12 heavy (non-hydrogen) atoms. The van der Waals surface area contributed by atoms with E-state index in [-0.39, 0.29) is 11.8 Å². The highest BCUT2D eigenvalue weighted by atomic mass is 16.6. The Morgan fingerprint density at radius 1 is 1.83 bits per heavy atom. The number of carbonyl (C=O) groups excluding carboxylic acids is 1. The lowest BCUT2D eigenvalue weighted by atomic mass is 9.98. The Bertz CT molecular complexity index is 160. The van der Waals surface area contributed by atoms with Crippen LogP contribution in [-0.4, -0.2) is 30.5 Å². The monoisotopic (exact) mass is 173 g/mol. The number of amides is 1. The number of piperidine rings is 1. The van der Waals surface area contributed by atoms with Crippen molar-refractivity contribution in [3.8, 4) is 0 Å². The van der Waals surface area contributed by atoms with Gasteiger partial charge in [0.1, 0.15) is 0 Å². The van der Waals surface area contributed by atoms with Gasteiger partial charge >= 0.3 is 0 Å². The van der Waals surface area contributed by atoms with Gasteiger partial charge < -0.3 is 15.2 Å². The van der Waals surface area contributed by atoms with Gasteiger partial charge in [0.15, 0.2) is 6.29 Å². The molecule has 1 heterocycles. The maximum absolute atomic E-state index is 11.2. The minimum absolute atomic E-state index is 0.0952. The lowest BCUT2D eigenvalue weighted by Gasteiger charge is -2.25. The van der Waals surface area contributed by atoms with Crippen LogP contribution in [-0.2, 0) is 9.53 Å². The molecule has 0 aromatic rings.